The second-order valence-electron chi connectivity index (χ2n) is 5.32. The number of hydrogen-bond donors (Lipinski definition) is 1. The van der Waals surface area contributed by atoms with Gasteiger partial charge in [0.25, 0.3) is 0 Å². The first-order valence-corrected chi connectivity index (χ1v) is 6.93. The van der Waals surface area contributed by atoms with Crippen LogP contribution in [0.5, 0.6) is 0 Å². The van der Waals surface area contributed by atoms with Crippen molar-refractivity contribution in [2.75, 3.05) is 13.1 Å². The maximum atomic E-state index is 9.27. The summed E-state index contributed by atoms with van der Waals surface area (Å²) in [4.78, 5) is 2.49. The van der Waals surface area contributed by atoms with Crippen LogP contribution in [0.4, 0.5) is 0 Å². The molecule has 1 aliphatic carbocycles. The van der Waals surface area contributed by atoms with Gasteiger partial charge in [-0.2, -0.15) is 0 Å². The molecule has 1 heterocycles. The molecule has 1 aliphatic heterocycles. The van der Waals surface area contributed by atoms with Gasteiger partial charge in [0.15, 0.2) is 0 Å². The van der Waals surface area contributed by atoms with Crippen molar-refractivity contribution < 1.29 is 5.21 Å². The minimum atomic E-state index is 0.212. The molecular formula is C15H20N2O. The summed E-state index contributed by atoms with van der Waals surface area (Å²) in [5.74, 6) is 0. The van der Waals surface area contributed by atoms with Crippen molar-refractivity contribution in [3.63, 3.8) is 0 Å². The maximum absolute atomic E-state index is 9.27. The molecule has 1 N–H and O–H groups in total. The fourth-order valence-corrected chi connectivity index (χ4v) is 3.28. The molecule has 0 spiro atoms. The molecule has 18 heavy (non-hydrogen) atoms. The summed E-state index contributed by atoms with van der Waals surface area (Å²) >= 11 is 0. The average Bonchev–Trinajstić information content (AvgIpc) is 2.59. The summed E-state index contributed by atoms with van der Waals surface area (Å²) in [7, 11) is 0. The van der Waals surface area contributed by atoms with Crippen LogP contribution in [0.2, 0.25) is 0 Å². The third-order valence-corrected chi connectivity index (χ3v) is 4.17. The van der Waals surface area contributed by atoms with E-state index in [1.54, 1.807) is 0 Å². The average molecular weight is 244 g/mol. The first kappa shape index (κ1) is 11.7. The molecule has 1 unspecified atom stereocenters. The Labute approximate surface area is 108 Å². The van der Waals surface area contributed by atoms with E-state index in [1.807, 2.05) is 0 Å². The Morgan fingerprint density at radius 1 is 1.06 bits per heavy atom. The highest BCUT2D eigenvalue weighted by atomic mass is 16.4. The minimum absolute atomic E-state index is 0.212. The predicted octanol–water partition coefficient (Wildman–Crippen LogP) is 2.99. The van der Waals surface area contributed by atoms with Gasteiger partial charge in [0.1, 0.15) is 0 Å². The van der Waals surface area contributed by atoms with Crippen molar-refractivity contribution in [1.82, 2.24) is 4.90 Å². The van der Waals surface area contributed by atoms with E-state index in [-0.39, 0.29) is 6.04 Å². The van der Waals surface area contributed by atoms with Crippen LogP contribution in [0.15, 0.2) is 29.4 Å². The summed E-state index contributed by atoms with van der Waals surface area (Å²) in [5, 5.41) is 12.8. The van der Waals surface area contributed by atoms with Gasteiger partial charge in [-0.1, -0.05) is 42.3 Å². The van der Waals surface area contributed by atoms with Crippen LogP contribution in [-0.4, -0.2) is 28.9 Å². The van der Waals surface area contributed by atoms with Crippen LogP contribution >= 0.6 is 0 Å². The number of rotatable bonds is 1. The normalized spacial score (nSPS) is 27.1. The van der Waals surface area contributed by atoms with Crippen molar-refractivity contribution in [2.45, 2.75) is 38.1 Å². The Hall–Kier alpha value is -1.35. The third-order valence-electron chi connectivity index (χ3n) is 4.17. The van der Waals surface area contributed by atoms with Crippen LogP contribution in [-0.2, 0) is 6.42 Å². The van der Waals surface area contributed by atoms with E-state index >= 15 is 0 Å². The van der Waals surface area contributed by atoms with E-state index < -0.39 is 0 Å². The third kappa shape index (κ3) is 2.03. The topological polar surface area (TPSA) is 35.8 Å². The molecule has 1 fully saturated rings. The number of hydrogen-bond acceptors (Lipinski definition) is 3. The quantitative estimate of drug-likeness (QED) is 0.609. The molecule has 0 aromatic heterocycles. The minimum Gasteiger partial charge on any atom is -0.411 e. The van der Waals surface area contributed by atoms with Crippen molar-refractivity contribution in [2.24, 2.45) is 5.16 Å². The number of oxime groups is 1. The molecule has 3 heteroatoms. The molecule has 96 valence electrons. The second-order valence-corrected chi connectivity index (χ2v) is 5.32. The monoisotopic (exact) mass is 244 g/mol. The van der Waals surface area contributed by atoms with E-state index in [1.165, 1.54) is 36.8 Å². The van der Waals surface area contributed by atoms with Crippen LogP contribution in [0.1, 0.15) is 42.9 Å². The molecule has 3 rings (SSSR count). The van der Waals surface area contributed by atoms with Crippen molar-refractivity contribution >= 4 is 5.71 Å². The lowest BCUT2D eigenvalue weighted by Gasteiger charge is -2.28. The summed E-state index contributed by atoms with van der Waals surface area (Å²) in [6.07, 6.45) is 5.98. The number of fused-ring (bicyclic) bond motifs is 1. The molecule has 1 atom stereocenters. The van der Waals surface area contributed by atoms with Crippen LogP contribution in [0.25, 0.3) is 0 Å². The summed E-state index contributed by atoms with van der Waals surface area (Å²) in [6.45, 7) is 2.25. The van der Waals surface area contributed by atoms with Crippen molar-refractivity contribution in [3.8, 4) is 0 Å². The van der Waals surface area contributed by atoms with E-state index in [9.17, 15) is 5.21 Å². The summed E-state index contributed by atoms with van der Waals surface area (Å²) in [6, 6.07) is 8.70. The van der Waals surface area contributed by atoms with E-state index in [0.717, 1.165) is 25.2 Å². The van der Waals surface area contributed by atoms with Gasteiger partial charge in [-0.05, 0) is 37.1 Å². The first-order chi connectivity index (χ1) is 8.90. The fourth-order valence-electron chi connectivity index (χ4n) is 3.28. The summed E-state index contributed by atoms with van der Waals surface area (Å²) in [5.41, 5.74) is 3.57. The molecule has 3 nitrogen and oxygen atoms in total. The van der Waals surface area contributed by atoms with Crippen LogP contribution in [0, 0.1) is 0 Å². The molecule has 0 saturated carbocycles. The van der Waals surface area contributed by atoms with Gasteiger partial charge in [-0.15, -0.1) is 0 Å². The zero-order chi connectivity index (χ0) is 12.4. The highest BCUT2D eigenvalue weighted by Gasteiger charge is 2.33. The SMILES string of the molecule is O/N=C1/Cc2ccccc2C1N1CCCCCC1. The Bertz CT molecular complexity index is 448. The Morgan fingerprint density at radius 2 is 1.78 bits per heavy atom. The molecule has 0 radical (unpaired) electrons. The molecular weight excluding hydrogens is 224 g/mol. The number of likely N-dealkylation sites (tertiary alicyclic amines) is 1. The van der Waals surface area contributed by atoms with Crippen LogP contribution in [0.3, 0.4) is 0 Å². The molecule has 1 aromatic rings. The smallest absolute Gasteiger partial charge is 0.0831 e. The second kappa shape index (κ2) is 5.11. The van der Waals surface area contributed by atoms with E-state index in [0.29, 0.717) is 0 Å². The predicted molar refractivity (Wildman–Crippen MR) is 72.1 cm³/mol. The number of benzene rings is 1. The van der Waals surface area contributed by atoms with Gasteiger partial charge >= 0.3 is 0 Å². The van der Waals surface area contributed by atoms with E-state index in [2.05, 4.69) is 34.3 Å². The molecule has 0 amide bonds. The lowest BCUT2D eigenvalue weighted by atomic mass is 10.1. The Balaban J connectivity index is 1.93. The van der Waals surface area contributed by atoms with Gasteiger partial charge in [0.05, 0.1) is 11.8 Å². The first-order valence-electron chi connectivity index (χ1n) is 6.93. The lowest BCUT2D eigenvalue weighted by Crippen LogP contribution is -2.32. The van der Waals surface area contributed by atoms with Gasteiger partial charge in [0, 0.05) is 6.42 Å². The zero-order valence-electron chi connectivity index (χ0n) is 10.7. The van der Waals surface area contributed by atoms with Gasteiger partial charge in [-0.3, -0.25) is 4.90 Å². The molecule has 1 aromatic carbocycles. The van der Waals surface area contributed by atoms with E-state index in [4.69, 9.17) is 0 Å². The highest BCUT2D eigenvalue weighted by molar-refractivity contribution is 5.96. The standard InChI is InChI=1S/C15H20N2O/c18-16-14-11-12-7-3-4-8-13(12)15(14)17-9-5-1-2-6-10-17/h3-4,7-8,15,18H,1-2,5-6,9-11H2/b16-14-. The van der Waals surface area contributed by atoms with Gasteiger partial charge in [-0.25, -0.2) is 0 Å². The number of nitrogens with zero attached hydrogens (tertiary/aromatic N) is 2. The lowest BCUT2D eigenvalue weighted by molar-refractivity contribution is 0.246. The molecule has 1 saturated heterocycles. The molecule has 2 aliphatic rings. The van der Waals surface area contributed by atoms with Crippen molar-refractivity contribution in [3.05, 3.63) is 35.4 Å². The fraction of sp³-hybridized carbons (Fsp3) is 0.533. The van der Waals surface area contributed by atoms with Gasteiger partial charge in [0.2, 0.25) is 0 Å². The van der Waals surface area contributed by atoms with Crippen molar-refractivity contribution in [1.29, 1.82) is 0 Å². The molecule has 0 bridgehead atoms. The Morgan fingerprint density at radius 3 is 2.50 bits per heavy atom. The zero-order valence-corrected chi connectivity index (χ0v) is 10.7. The van der Waals surface area contributed by atoms with Crippen LogP contribution < -0.4 is 0 Å². The van der Waals surface area contributed by atoms with Gasteiger partial charge < -0.3 is 5.21 Å². The highest BCUT2D eigenvalue weighted by Crippen LogP contribution is 2.34. The summed E-state index contributed by atoms with van der Waals surface area (Å²) < 4.78 is 0. The Kier molecular flexibility index (Phi) is 3.33. The largest absolute Gasteiger partial charge is 0.411 e. The maximum Gasteiger partial charge on any atom is 0.0831 e.